The molecule has 0 unspecified atom stereocenters. The topological polar surface area (TPSA) is 49.8 Å². The fourth-order valence-corrected chi connectivity index (χ4v) is 4.18. The number of ether oxygens (including phenoxy) is 1. The number of hydrogen-bond donors (Lipinski definition) is 1. The van der Waals surface area contributed by atoms with Crippen molar-refractivity contribution in [2.24, 2.45) is 0 Å². The second kappa shape index (κ2) is 8.91. The van der Waals surface area contributed by atoms with Gasteiger partial charge in [0.25, 0.3) is 5.91 Å². The molecule has 4 nitrogen and oxygen atoms in total. The molecule has 1 aliphatic rings. The lowest BCUT2D eigenvalue weighted by molar-refractivity contribution is -0.130. The normalized spacial score (nSPS) is 16.2. The SMILES string of the molecule is COc1ccc(CN2C(=O)C(O)=C(c3ccc(C)cc3)[C@@H]2c2ccc(C(C)C)cc2)cc1. The number of aryl methyl sites for hydroxylation is 1. The highest BCUT2D eigenvalue weighted by Gasteiger charge is 2.41. The second-order valence-corrected chi connectivity index (χ2v) is 8.63. The summed E-state index contributed by atoms with van der Waals surface area (Å²) in [7, 11) is 1.63. The van der Waals surface area contributed by atoms with Gasteiger partial charge in [-0.25, -0.2) is 0 Å². The molecule has 1 N–H and O–H groups in total. The first-order valence-electron chi connectivity index (χ1n) is 10.9. The van der Waals surface area contributed by atoms with Crippen LogP contribution in [0, 0.1) is 6.92 Å². The van der Waals surface area contributed by atoms with Gasteiger partial charge in [-0.1, -0.05) is 80.1 Å². The highest BCUT2D eigenvalue weighted by atomic mass is 16.5. The molecule has 0 radical (unpaired) electrons. The van der Waals surface area contributed by atoms with Gasteiger partial charge in [-0.3, -0.25) is 4.79 Å². The molecule has 1 aliphatic heterocycles. The van der Waals surface area contributed by atoms with Gasteiger partial charge in [0.1, 0.15) is 5.75 Å². The molecule has 0 aromatic heterocycles. The van der Waals surface area contributed by atoms with E-state index in [4.69, 9.17) is 4.74 Å². The van der Waals surface area contributed by atoms with E-state index in [1.807, 2.05) is 55.5 Å². The smallest absolute Gasteiger partial charge is 0.290 e. The maximum Gasteiger partial charge on any atom is 0.290 e. The van der Waals surface area contributed by atoms with Crippen molar-refractivity contribution in [3.8, 4) is 5.75 Å². The number of hydrogen-bond acceptors (Lipinski definition) is 3. The standard InChI is InChI=1S/C28H29NO3/c1-18(2)21-11-13-23(14-12-21)26-25(22-9-5-19(3)6-10-22)27(30)28(31)29(26)17-20-7-15-24(32-4)16-8-20/h5-16,18,26,30H,17H2,1-4H3/t26-/m0/s1. The summed E-state index contributed by atoms with van der Waals surface area (Å²) in [6.45, 7) is 6.73. The van der Waals surface area contributed by atoms with Crippen LogP contribution in [0.4, 0.5) is 0 Å². The van der Waals surface area contributed by atoms with Crippen LogP contribution in [0.1, 0.15) is 53.6 Å². The van der Waals surface area contributed by atoms with Crippen molar-refractivity contribution in [3.05, 3.63) is 106 Å². The number of nitrogens with zero attached hydrogens (tertiary/aromatic N) is 1. The first kappa shape index (κ1) is 21.7. The van der Waals surface area contributed by atoms with E-state index in [-0.39, 0.29) is 17.7 Å². The van der Waals surface area contributed by atoms with Crippen molar-refractivity contribution in [3.63, 3.8) is 0 Å². The van der Waals surface area contributed by atoms with Crippen molar-refractivity contribution in [1.82, 2.24) is 4.90 Å². The Labute approximate surface area is 189 Å². The van der Waals surface area contributed by atoms with Gasteiger partial charge in [-0.05, 0) is 47.2 Å². The van der Waals surface area contributed by atoms with Crippen LogP contribution in [0.15, 0.2) is 78.6 Å². The Kier molecular flexibility index (Phi) is 6.04. The number of aliphatic hydroxyl groups is 1. The number of carbonyl (C=O) groups excluding carboxylic acids is 1. The molecule has 4 rings (SSSR count). The number of amides is 1. The van der Waals surface area contributed by atoms with Crippen LogP contribution in [0.3, 0.4) is 0 Å². The molecule has 0 saturated heterocycles. The van der Waals surface area contributed by atoms with Crippen LogP contribution in [-0.2, 0) is 11.3 Å². The monoisotopic (exact) mass is 427 g/mol. The van der Waals surface area contributed by atoms with Crippen molar-refractivity contribution in [2.75, 3.05) is 7.11 Å². The van der Waals surface area contributed by atoms with Gasteiger partial charge in [-0.15, -0.1) is 0 Å². The van der Waals surface area contributed by atoms with Crippen molar-refractivity contribution in [1.29, 1.82) is 0 Å². The van der Waals surface area contributed by atoms with E-state index in [1.165, 1.54) is 5.56 Å². The lowest BCUT2D eigenvalue weighted by Crippen LogP contribution is -2.29. The molecule has 4 heteroatoms. The molecule has 32 heavy (non-hydrogen) atoms. The Morgan fingerprint density at radius 3 is 2.12 bits per heavy atom. The van der Waals surface area contributed by atoms with Crippen LogP contribution < -0.4 is 4.74 Å². The Morgan fingerprint density at radius 1 is 0.938 bits per heavy atom. The highest BCUT2D eigenvalue weighted by molar-refractivity contribution is 6.05. The molecule has 3 aromatic rings. The van der Waals surface area contributed by atoms with Crippen LogP contribution in [-0.4, -0.2) is 23.0 Å². The summed E-state index contributed by atoms with van der Waals surface area (Å²) in [5, 5.41) is 11.0. The van der Waals surface area contributed by atoms with E-state index in [9.17, 15) is 9.90 Å². The molecule has 1 heterocycles. The zero-order valence-electron chi connectivity index (χ0n) is 19.0. The minimum atomic E-state index is -0.367. The number of carbonyl (C=O) groups is 1. The average Bonchev–Trinajstić information content (AvgIpc) is 3.05. The summed E-state index contributed by atoms with van der Waals surface area (Å²) < 4.78 is 5.25. The van der Waals surface area contributed by atoms with E-state index < -0.39 is 0 Å². The molecule has 0 fully saturated rings. The van der Waals surface area contributed by atoms with Crippen LogP contribution in [0.5, 0.6) is 5.75 Å². The average molecular weight is 428 g/mol. The number of methoxy groups -OCH3 is 1. The van der Waals surface area contributed by atoms with Gasteiger partial charge in [0.2, 0.25) is 0 Å². The molecular formula is C28H29NO3. The maximum atomic E-state index is 13.2. The molecular weight excluding hydrogens is 398 g/mol. The maximum absolute atomic E-state index is 13.2. The van der Waals surface area contributed by atoms with Crippen molar-refractivity contribution < 1.29 is 14.6 Å². The summed E-state index contributed by atoms with van der Waals surface area (Å²) >= 11 is 0. The van der Waals surface area contributed by atoms with Crippen molar-refractivity contribution >= 4 is 11.5 Å². The number of rotatable bonds is 6. The van der Waals surface area contributed by atoms with Gasteiger partial charge in [0, 0.05) is 12.1 Å². The first-order chi connectivity index (χ1) is 15.4. The zero-order valence-corrected chi connectivity index (χ0v) is 19.0. The summed E-state index contributed by atoms with van der Waals surface area (Å²) in [6, 6.07) is 23.6. The molecule has 1 atom stereocenters. The third kappa shape index (κ3) is 4.13. The molecule has 0 bridgehead atoms. The van der Waals surface area contributed by atoms with Crippen LogP contribution in [0.25, 0.3) is 5.57 Å². The van der Waals surface area contributed by atoms with Crippen molar-refractivity contribution in [2.45, 2.75) is 39.3 Å². The summed E-state index contributed by atoms with van der Waals surface area (Å²) in [4.78, 5) is 15.0. The zero-order chi connectivity index (χ0) is 22.8. The summed E-state index contributed by atoms with van der Waals surface area (Å²) in [5.74, 6) is 0.656. The quantitative estimate of drug-likeness (QED) is 0.511. The Balaban J connectivity index is 1.77. The van der Waals surface area contributed by atoms with Gasteiger partial charge in [0.15, 0.2) is 5.76 Å². The Bertz CT molecular complexity index is 1130. The van der Waals surface area contributed by atoms with Gasteiger partial charge >= 0.3 is 0 Å². The van der Waals surface area contributed by atoms with E-state index in [2.05, 4.69) is 38.1 Å². The molecule has 1 amide bonds. The lowest BCUT2D eigenvalue weighted by Gasteiger charge is -2.28. The third-order valence-corrected chi connectivity index (χ3v) is 6.10. The highest BCUT2D eigenvalue weighted by Crippen LogP contribution is 2.44. The predicted octanol–water partition coefficient (Wildman–Crippen LogP) is 6.18. The minimum Gasteiger partial charge on any atom is -0.503 e. The first-order valence-corrected chi connectivity index (χ1v) is 10.9. The number of aliphatic hydroxyl groups excluding tert-OH is 1. The third-order valence-electron chi connectivity index (χ3n) is 6.10. The molecule has 0 spiro atoms. The van der Waals surface area contributed by atoms with Crippen LogP contribution >= 0.6 is 0 Å². The van der Waals surface area contributed by atoms with E-state index in [0.29, 0.717) is 18.0 Å². The summed E-state index contributed by atoms with van der Waals surface area (Å²) in [5.41, 5.74) is 5.84. The second-order valence-electron chi connectivity index (χ2n) is 8.63. The largest absolute Gasteiger partial charge is 0.503 e. The van der Waals surface area contributed by atoms with E-state index in [1.54, 1.807) is 12.0 Å². The lowest BCUT2D eigenvalue weighted by atomic mass is 9.91. The minimum absolute atomic E-state index is 0.180. The van der Waals surface area contributed by atoms with Crippen LogP contribution in [0.2, 0.25) is 0 Å². The molecule has 164 valence electrons. The Hall–Kier alpha value is -3.53. The molecule has 0 aliphatic carbocycles. The number of benzene rings is 3. The molecule has 0 saturated carbocycles. The van der Waals surface area contributed by atoms with Gasteiger partial charge in [0.05, 0.1) is 13.2 Å². The Morgan fingerprint density at radius 2 is 1.56 bits per heavy atom. The fraction of sp³-hybridized carbons (Fsp3) is 0.250. The predicted molar refractivity (Wildman–Crippen MR) is 128 cm³/mol. The van der Waals surface area contributed by atoms with E-state index in [0.717, 1.165) is 28.0 Å². The fourth-order valence-electron chi connectivity index (χ4n) is 4.18. The van der Waals surface area contributed by atoms with Gasteiger partial charge < -0.3 is 14.7 Å². The van der Waals surface area contributed by atoms with E-state index >= 15 is 0 Å². The van der Waals surface area contributed by atoms with Gasteiger partial charge in [-0.2, -0.15) is 0 Å². The molecule has 3 aromatic carbocycles. The summed E-state index contributed by atoms with van der Waals surface area (Å²) in [6.07, 6.45) is 0.